The van der Waals surface area contributed by atoms with E-state index in [1.165, 1.54) is 20.0 Å². The number of carboxylic acids is 1. The molecule has 0 aliphatic rings. The fourth-order valence-electron chi connectivity index (χ4n) is 1.94. The van der Waals surface area contributed by atoms with Gasteiger partial charge in [-0.3, -0.25) is 19.2 Å². The van der Waals surface area contributed by atoms with Crippen molar-refractivity contribution in [1.29, 1.82) is 0 Å². The molecular formula is C14H19N3O8S. The molecule has 144 valence electrons. The number of carboxylic acid groups (broad SMARTS) is 1. The molecule has 0 saturated carbocycles. The Labute approximate surface area is 149 Å². The van der Waals surface area contributed by atoms with Crippen LogP contribution in [0.25, 0.3) is 0 Å². The number of hydroxylamine groups is 2. The molecule has 26 heavy (non-hydrogen) atoms. The van der Waals surface area contributed by atoms with Crippen molar-refractivity contribution in [1.82, 2.24) is 9.79 Å². The molecule has 0 radical (unpaired) electrons. The second-order valence-corrected chi connectivity index (χ2v) is 6.84. The summed E-state index contributed by atoms with van der Waals surface area (Å²) < 4.78 is 26.8. The lowest BCUT2D eigenvalue weighted by Gasteiger charge is -2.21. The number of amides is 2. The number of aliphatic carboxylic acids is 1. The fraction of sp³-hybridized carbons (Fsp3) is 0.357. The number of sulfonamides is 1. The molecule has 1 atom stereocenters. The third kappa shape index (κ3) is 5.68. The standard InChI is InChI=1S/C14H19N3O8S/c1-8(18)15-9-4-5-12(11(19)6-9)26(23,24)16-10(7-13(20)21)14(22)17(2)25-3/h4-6,10,16,19H,7H2,1-3H3,(H,15,18)(H,20,21). The van der Waals surface area contributed by atoms with E-state index in [4.69, 9.17) is 5.11 Å². The van der Waals surface area contributed by atoms with Gasteiger partial charge in [-0.05, 0) is 12.1 Å². The number of phenols is 1. The summed E-state index contributed by atoms with van der Waals surface area (Å²) in [6, 6.07) is 1.58. The minimum absolute atomic E-state index is 0.159. The molecule has 1 unspecified atom stereocenters. The van der Waals surface area contributed by atoms with E-state index in [-0.39, 0.29) is 5.69 Å². The summed E-state index contributed by atoms with van der Waals surface area (Å²) in [5, 5.41) is 21.9. The van der Waals surface area contributed by atoms with Crippen LogP contribution in [-0.4, -0.2) is 61.7 Å². The highest BCUT2D eigenvalue weighted by molar-refractivity contribution is 7.89. The van der Waals surface area contributed by atoms with Gasteiger partial charge in [0.15, 0.2) is 0 Å². The molecule has 0 aliphatic carbocycles. The van der Waals surface area contributed by atoms with E-state index in [0.29, 0.717) is 5.06 Å². The number of benzene rings is 1. The highest BCUT2D eigenvalue weighted by atomic mass is 32.2. The second kappa shape index (κ2) is 8.60. The maximum Gasteiger partial charge on any atom is 0.305 e. The highest BCUT2D eigenvalue weighted by Gasteiger charge is 2.31. The molecule has 11 nitrogen and oxygen atoms in total. The summed E-state index contributed by atoms with van der Waals surface area (Å²) in [5.41, 5.74) is 0.159. The Morgan fingerprint density at radius 3 is 2.38 bits per heavy atom. The number of aromatic hydroxyl groups is 1. The molecule has 0 fully saturated rings. The number of hydrogen-bond acceptors (Lipinski definition) is 7. The van der Waals surface area contributed by atoms with Gasteiger partial charge in [-0.15, -0.1) is 0 Å². The van der Waals surface area contributed by atoms with Crippen LogP contribution in [0.4, 0.5) is 5.69 Å². The Hall–Kier alpha value is -2.70. The van der Waals surface area contributed by atoms with Crippen molar-refractivity contribution in [3.63, 3.8) is 0 Å². The maximum absolute atomic E-state index is 12.4. The Morgan fingerprint density at radius 2 is 1.92 bits per heavy atom. The maximum atomic E-state index is 12.4. The number of phenolic OH excluding ortho intramolecular Hbond substituents is 1. The van der Waals surface area contributed by atoms with Gasteiger partial charge in [-0.2, -0.15) is 4.72 Å². The monoisotopic (exact) mass is 389 g/mol. The molecular weight excluding hydrogens is 370 g/mol. The lowest BCUT2D eigenvalue weighted by atomic mass is 10.2. The van der Waals surface area contributed by atoms with Crippen LogP contribution in [0, 0.1) is 0 Å². The quantitative estimate of drug-likeness (QED) is 0.432. The lowest BCUT2D eigenvalue weighted by molar-refractivity contribution is -0.171. The van der Waals surface area contributed by atoms with Gasteiger partial charge < -0.3 is 15.5 Å². The summed E-state index contributed by atoms with van der Waals surface area (Å²) in [6.45, 7) is 1.23. The van der Waals surface area contributed by atoms with Crippen molar-refractivity contribution >= 4 is 33.5 Å². The SMILES string of the molecule is CON(C)C(=O)C(CC(=O)O)NS(=O)(=O)c1ccc(NC(C)=O)cc1O. The number of likely N-dealkylation sites (N-methyl/N-ethyl adjacent to an activating group) is 1. The van der Waals surface area contributed by atoms with E-state index >= 15 is 0 Å². The second-order valence-electron chi connectivity index (χ2n) is 5.15. The molecule has 0 spiro atoms. The van der Waals surface area contributed by atoms with Crippen LogP contribution < -0.4 is 10.0 Å². The largest absolute Gasteiger partial charge is 0.506 e. The van der Waals surface area contributed by atoms with Crippen LogP contribution in [0.5, 0.6) is 5.75 Å². The zero-order valence-corrected chi connectivity index (χ0v) is 15.0. The van der Waals surface area contributed by atoms with Crippen LogP contribution >= 0.6 is 0 Å². The Balaban J connectivity index is 3.16. The Kier molecular flexibility index (Phi) is 7.06. The van der Waals surface area contributed by atoms with E-state index in [0.717, 1.165) is 19.2 Å². The average molecular weight is 389 g/mol. The molecule has 0 bridgehead atoms. The summed E-state index contributed by atoms with van der Waals surface area (Å²) >= 11 is 0. The summed E-state index contributed by atoms with van der Waals surface area (Å²) in [5.74, 6) is -3.47. The van der Waals surface area contributed by atoms with Gasteiger partial charge in [-0.25, -0.2) is 13.5 Å². The average Bonchev–Trinajstić information content (AvgIpc) is 2.51. The number of rotatable bonds is 8. The van der Waals surface area contributed by atoms with Crippen molar-refractivity contribution in [3.05, 3.63) is 18.2 Å². The van der Waals surface area contributed by atoms with Crippen molar-refractivity contribution < 1.29 is 37.9 Å². The number of anilines is 1. The molecule has 0 saturated heterocycles. The van der Waals surface area contributed by atoms with Gasteiger partial charge in [0.05, 0.1) is 13.5 Å². The first-order valence-electron chi connectivity index (χ1n) is 7.14. The lowest BCUT2D eigenvalue weighted by Crippen LogP contribution is -2.48. The highest BCUT2D eigenvalue weighted by Crippen LogP contribution is 2.26. The Morgan fingerprint density at radius 1 is 1.31 bits per heavy atom. The molecule has 0 aliphatic heterocycles. The molecule has 2 amide bonds. The van der Waals surface area contributed by atoms with Gasteiger partial charge >= 0.3 is 5.97 Å². The fourth-order valence-corrected chi connectivity index (χ4v) is 3.21. The van der Waals surface area contributed by atoms with Crippen LogP contribution in [0.2, 0.25) is 0 Å². The van der Waals surface area contributed by atoms with Crippen molar-refractivity contribution in [3.8, 4) is 5.75 Å². The molecule has 0 aromatic heterocycles. The van der Waals surface area contributed by atoms with Gasteiger partial charge in [0.1, 0.15) is 16.7 Å². The topological polar surface area (TPSA) is 162 Å². The minimum atomic E-state index is -4.45. The van der Waals surface area contributed by atoms with Crippen LogP contribution in [0.1, 0.15) is 13.3 Å². The molecule has 1 aromatic carbocycles. The molecule has 1 rings (SSSR count). The zero-order chi connectivity index (χ0) is 20.1. The van der Waals surface area contributed by atoms with E-state index in [1.54, 1.807) is 0 Å². The van der Waals surface area contributed by atoms with Crippen molar-refractivity contribution in [2.24, 2.45) is 0 Å². The summed E-state index contributed by atoms with van der Waals surface area (Å²) in [4.78, 5) is 38.0. The van der Waals surface area contributed by atoms with Crippen molar-refractivity contribution in [2.45, 2.75) is 24.3 Å². The molecule has 0 heterocycles. The van der Waals surface area contributed by atoms with E-state index in [1.807, 2.05) is 4.72 Å². The molecule has 12 heteroatoms. The van der Waals surface area contributed by atoms with Gasteiger partial charge in [-0.1, -0.05) is 0 Å². The van der Waals surface area contributed by atoms with Gasteiger partial charge in [0.2, 0.25) is 15.9 Å². The first-order chi connectivity index (χ1) is 12.0. The summed E-state index contributed by atoms with van der Waals surface area (Å²) in [6.07, 6.45) is -0.837. The first kappa shape index (κ1) is 21.3. The van der Waals surface area contributed by atoms with Crippen LogP contribution in [-0.2, 0) is 29.2 Å². The van der Waals surface area contributed by atoms with E-state index in [9.17, 15) is 27.9 Å². The first-order valence-corrected chi connectivity index (χ1v) is 8.62. The van der Waals surface area contributed by atoms with Crippen molar-refractivity contribution in [2.75, 3.05) is 19.5 Å². The normalized spacial score (nSPS) is 12.3. The smallest absolute Gasteiger partial charge is 0.305 e. The number of carbonyl (C=O) groups is 3. The molecule has 1 aromatic rings. The number of nitrogens with zero attached hydrogens (tertiary/aromatic N) is 1. The number of carbonyl (C=O) groups excluding carboxylic acids is 2. The zero-order valence-electron chi connectivity index (χ0n) is 14.2. The number of nitrogens with one attached hydrogen (secondary N) is 2. The predicted octanol–water partition coefficient (Wildman–Crippen LogP) is -0.508. The third-order valence-corrected chi connectivity index (χ3v) is 4.65. The number of hydrogen-bond donors (Lipinski definition) is 4. The van der Waals surface area contributed by atoms with E-state index < -0.39 is 50.9 Å². The predicted molar refractivity (Wildman–Crippen MR) is 88.6 cm³/mol. The Bertz CT molecular complexity index is 808. The van der Waals surface area contributed by atoms with Gasteiger partial charge in [0, 0.05) is 25.7 Å². The van der Waals surface area contributed by atoms with Gasteiger partial charge in [0.25, 0.3) is 5.91 Å². The molecule has 4 N–H and O–H groups in total. The van der Waals surface area contributed by atoms with Crippen LogP contribution in [0.15, 0.2) is 23.1 Å². The summed E-state index contributed by atoms with van der Waals surface area (Å²) in [7, 11) is -2.11. The minimum Gasteiger partial charge on any atom is -0.506 e. The van der Waals surface area contributed by atoms with Crippen LogP contribution in [0.3, 0.4) is 0 Å². The third-order valence-electron chi connectivity index (χ3n) is 3.13. The van der Waals surface area contributed by atoms with E-state index in [2.05, 4.69) is 10.2 Å².